The number of aromatic nitrogens is 1. The standard InChI is InChI=1S/C28H28N2O2S/c1-18-9-11-21(12-10-18)26-23(15-25(31)32-3)19(2)29-28-27(26)22-13-14-30(17-24(22)33-28)16-20-7-5-4-6-8-20/h4-12H,13-17H2,1-3H3. The molecule has 0 aliphatic carbocycles. The Morgan fingerprint density at radius 3 is 2.58 bits per heavy atom. The molecule has 0 saturated heterocycles. The average Bonchev–Trinajstić information content (AvgIpc) is 3.17. The molecule has 168 valence electrons. The van der Waals surface area contributed by atoms with E-state index in [-0.39, 0.29) is 12.4 Å². The molecule has 0 radical (unpaired) electrons. The molecule has 4 nitrogen and oxygen atoms in total. The number of ether oxygens (including phenoxy) is 1. The molecule has 0 saturated carbocycles. The van der Waals surface area contributed by atoms with Crippen LogP contribution in [0.5, 0.6) is 0 Å². The fourth-order valence-corrected chi connectivity index (χ4v) is 6.10. The average molecular weight is 457 g/mol. The van der Waals surface area contributed by atoms with Gasteiger partial charge < -0.3 is 4.74 Å². The molecule has 5 rings (SSSR count). The number of methoxy groups -OCH3 is 1. The van der Waals surface area contributed by atoms with Gasteiger partial charge in [0.05, 0.1) is 13.5 Å². The van der Waals surface area contributed by atoms with Crippen LogP contribution in [0.2, 0.25) is 0 Å². The highest BCUT2D eigenvalue weighted by Gasteiger charge is 2.26. The first-order valence-electron chi connectivity index (χ1n) is 11.4. The van der Waals surface area contributed by atoms with Crippen LogP contribution in [0.3, 0.4) is 0 Å². The molecule has 2 aromatic carbocycles. The lowest BCUT2D eigenvalue weighted by atomic mass is 9.90. The Labute approximate surface area is 198 Å². The van der Waals surface area contributed by atoms with E-state index in [1.165, 1.54) is 34.1 Å². The molecule has 0 amide bonds. The van der Waals surface area contributed by atoms with Gasteiger partial charge in [-0.15, -0.1) is 11.3 Å². The number of rotatable bonds is 5. The van der Waals surface area contributed by atoms with E-state index in [2.05, 4.69) is 66.4 Å². The first-order chi connectivity index (χ1) is 16.0. The van der Waals surface area contributed by atoms with Crippen LogP contribution in [0, 0.1) is 13.8 Å². The van der Waals surface area contributed by atoms with Gasteiger partial charge in [0.2, 0.25) is 0 Å². The fourth-order valence-electron chi connectivity index (χ4n) is 4.78. The summed E-state index contributed by atoms with van der Waals surface area (Å²) in [5, 5.41) is 1.22. The zero-order chi connectivity index (χ0) is 22.9. The Bertz CT molecular complexity index is 1310. The summed E-state index contributed by atoms with van der Waals surface area (Å²) in [5.74, 6) is -0.231. The number of pyridine rings is 1. The molecule has 0 N–H and O–H groups in total. The summed E-state index contributed by atoms with van der Waals surface area (Å²) in [6.45, 7) is 7.01. The molecule has 33 heavy (non-hydrogen) atoms. The SMILES string of the molecule is COC(=O)Cc1c(C)nc2sc3c(c2c1-c1ccc(C)cc1)CCN(Cc1ccccc1)C3. The molecule has 2 aromatic heterocycles. The van der Waals surface area contributed by atoms with E-state index >= 15 is 0 Å². The molecule has 5 heteroatoms. The van der Waals surface area contributed by atoms with Gasteiger partial charge in [0.1, 0.15) is 4.83 Å². The van der Waals surface area contributed by atoms with Gasteiger partial charge >= 0.3 is 5.97 Å². The van der Waals surface area contributed by atoms with Crippen LogP contribution in [0.4, 0.5) is 0 Å². The molecular formula is C28H28N2O2S. The largest absolute Gasteiger partial charge is 0.469 e. The summed E-state index contributed by atoms with van der Waals surface area (Å²) in [4.78, 5) is 22.2. The number of fused-ring (bicyclic) bond motifs is 3. The number of nitrogens with zero attached hydrogens (tertiary/aromatic N) is 2. The quantitative estimate of drug-likeness (QED) is 0.353. The summed E-state index contributed by atoms with van der Waals surface area (Å²) in [6.07, 6.45) is 1.22. The molecule has 0 fully saturated rings. The Kier molecular flexibility index (Phi) is 6.00. The zero-order valence-corrected chi connectivity index (χ0v) is 20.2. The van der Waals surface area contributed by atoms with Gasteiger partial charge in [-0.3, -0.25) is 9.69 Å². The summed E-state index contributed by atoms with van der Waals surface area (Å²) in [6, 6.07) is 19.3. The van der Waals surface area contributed by atoms with E-state index in [1.54, 1.807) is 11.3 Å². The lowest BCUT2D eigenvalue weighted by molar-refractivity contribution is -0.139. The third kappa shape index (κ3) is 4.31. The second kappa shape index (κ2) is 9.08. The third-order valence-electron chi connectivity index (χ3n) is 6.51. The number of esters is 1. The van der Waals surface area contributed by atoms with E-state index in [0.29, 0.717) is 0 Å². The van der Waals surface area contributed by atoms with E-state index in [4.69, 9.17) is 9.72 Å². The molecule has 1 aliphatic heterocycles. The monoisotopic (exact) mass is 456 g/mol. The van der Waals surface area contributed by atoms with Crippen molar-refractivity contribution in [2.45, 2.75) is 39.8 Å². The normalized spacial score (nSPS) is 13.8. The van der Waals surface area contributed by atoms with Crippen LogP contribution in [0.25, 0.3) is 21.3 Å². The van der Waals surface area contributed by atoms with Gasteiger partial charge in [-0.2, -0.15) is 0 Å². The summed E-state index contributed by atoms with van der Waals surface area (Å²) in [7, 11) is 1.45. The summed E-state index contributed by atoms with van der Waals surface area (Å²) < 4.78 is 5.03. The lowest BCUT2D eigenvalue weighted by Gasteiger charge is -2.27. The van der Waals surface area contributed by atoms with Crippen LogP contribution < -0.4 is 0 Å². The van der Waals surface area contributed by atoms with Crippen LogP contribution in [-0.2, 0) is 35.5 Å². The maximum atomic E-state index is 12.3. The van der Waals surface area contributed by atoms with E-state index in [1.807, 2.05) is 6.92 Å². The Hall–Kier alpha value is -3.02. The van der Waals surface area contributed by atoms with Crippen molar-refractivity contribution in [3.05, 3.63) is 87.4 Å². The predicted molar refractivity (Wildman–Crippen MR) is 135 cm³/mol. The molecule has 0 atom stereocenters. The number of hydrogen-bond acceptors (Lipinski definition) is 5. The molecule has 3 heterocycles. The predicted octanol–water partition coefficient (Wildman–Crippen LogP) is 5.85. The number of hydrogen-bond donors (Lipinski definition) is 0. The van der Waals surface area contributed by atoms with Crippen molar-refractivity contribution in [2.24, 2.45) is 0 Å². The van der Waals surface area contributed by atoms with E-state index in [0.717, 1.165) is 53.3 Å². The zero-order valence-electron chi connectivity index (χ0n) is 19.4. The number of aryl methyl sites for hydroxylation is 2. The maximum absolute atomic E-state index is 12.3. The lowest BCUT2D eigenvalue weighted by Crippen LogP contribution is -2.29. The second-order valence-corrected chi connectivity index (χ2v) is 9.88. The van der Waals surface area contributed by atoms with Crippen molar-refractivity contribution in [3.63, 3.8) is 0 Å². The fraction of sp³-hybridized carbons (Fsp3) is 0.286. The topological polar surface area (TPSA) is 42.4 Å². The number of thiophene rings is 1. The minimum atomic E-state index is -0.231. The number of benzene rings is 2. The molecule has 0 spiro atoms. The number of carbonyl (C=O) groups is 1. The van der Waals surface area contributed by atoms with Gasteiger partial charge in [-0.05, 0) is 48.1 Å². The first-order valence-corrected chi connectivity index (χ1v) is 12.2. The Balaban J connectivity index is 1.62. The third-order valence-corrected chi connectivity index (χ3v) is 7.62. The Morgan fingerprint density at radius 2 is 1.85 bits per heavy atom. The molecular weight excluding hydrogens is 428 g/mol. The van der Waals surface area contributed by atoms with Crippen molar-refractivity contribution in [2.75, 3.05) is 13.7 Å². The van der Waals surface area contributed by atoms with Crippen molar-refractivity contribution in [1.29, 1.82) is 0 Å². The van der Waals surface area contributed by atoms with Crippen LogP contribution in [0.1, 0.15) is 32.8 Å². The van der Waals surface area contributed by atoms with Gasteiger partial charge in [0.25, 0.3) is 0 Å². The highest BCUT2D eigenvalue weighted by molar-refractivity contribution is 7.19. The van der Waals surface area contributed by atoms with Crippen molar-refractivity contribution in [3.8, 4) is 11.1 Å². The molecule has 0 unspecified atom stereocenters. The Morgan fingerprint density at radius 1 is 1.09 bits per heavy atom. The molecule has 0 bridgehead atoms. The van der Waals surface area contributed by atoms with Gasteiger partial charge in [0, 0.05) is 35.6 Å². The van der Waals surface area contributed by atoms with Gasteiger partial charge in [-0.1, -0.05) is 60.2 Å². The van der Waals surface area contributed by atoms with Crippen molar-refractivity contribution in [1.82, 2.24) is 9.88 Å². The summed E-state index contributed by atoms with van der Waals surface area (Å²) >= 11 is 1.80. The van der Waals surface area contributed by atoms with Gasteiger partial charge in [0.15, 0.2) is 0 Å². The highest BCUT2D eigenvalue weighted by Crippen LogP contribution is 2.42. The van der Waals surface area contributed by atoms with E-state index < -0.39 is 0 Å². The smallest absolute Gasteiger partial charge is 0.310 e. The minimum Gasteiger partial charge on any atom is -0.469 e. The van der Waals surface area contributed by atoms with Gasteiger partial charge in [-0.25, -0.2) is 4.98 Å². The molecule has 4 aromatic rings. The molecule has 1 aliphatic rings. The number of carbonyl (C=O) groups excluding carboxylic acids is 1. The van der Waals surface area contributed by atoms with Crippen LogP contribution >= 0.6 is 11.3 Å². The minimum absolute atomic E-state index is 0.231. The summed E-state index contributed by atoms with van der Waals surface area (Å²) in [5.41, 5.74) is 8.14. The van der Waals surface area contributed by atoms with Crippen LogP contribution in [-0.4, -0.2) is 29.5 Å². The van der Waals surface area contributed by atoms with E-state index in [9.17, 15) is 4.79 Å². The van der Waals surface area contributed by atoms with Crippen LogP contribution in [0.15, 0.2) is 54.6 Å². The van der Waals surface area contributed by atoms with Crippen molar-refractivity contribution < 1.29 is 9.53 Å². The van der Waals surface area contributed by atoms with Crippen molar-refractivity contribution >= 4 is 27.5 Å². The highest BCUT2D eigenvalue weighted by atomic mass is 32.1. The second-order valence-electron chi connectivity index (χ2n) is 8.80. The first kappa shape index (κ1) is 21.8. The maximum Gasteiger partial charge on any atom is 0.310 e.